The number of phenolic OH excluding ortho intramolecular Hbond substituents is 1. The lowest BCUT2D eigenvalue weighted by atomic mass is 10.0. The number of anilines is 1. The van der Waals surface area contributed by atoms with E-state index in [4.69, 9.17) is 10.7 Å². The summed E-state index contributed by atoms with van der Waals surface area (Å²) < 4.78 is 0. The van der Waals surface area contributed by atoms with Gasteiger partial charge in [-0.25, -0.2) is 4.98 Å². The number of nitrogens with two attached hydrogens (primary N) is 1. The van der Waals surface area contributed by atoms with Crippen LogP contribution >= 0.6 is 0 Å². The smallest absolute Gasteiger partial charge is 0.138 e. The number of pyridine rings is 3. The molecule has 4 aromatic rings. The van der Waals surface area contributed by atoms with E-state index in [9.17, 15) is 5.11 Å². The molecule has 3 aromatic heterocycles. The second kappa shape index (κ2) is 6.64. The number of hydrogen-bond donors (Lipinski definition) is 2. The third kappa shape index (κ3) is 3.10. The fraction of sp³-hybridized carbons (Fsp3) is 0. The molecule has 0 fully saturated rings. The highest BCUT2D eigenvalue weighted by Crippen LogP contribution is 2.32. The molecule has 3 N–H and O–H groups in total. The zero-order chi connectivity index (χ0) is 17.9. The summed E-state index contributed by atoms with van der Waals surface area (Å²) >= 11 is 0. The summed E-state index contributed by atoms with van der Waals surface area (Å²) in [5, 5.41) is 9.70. The lowest BCUT2D eigenvalue weighted by Crippen LogP contribution is -1.94. The minimum atomic E-state index is 0.0673. The standard InChI is InChI=1S/C21H16N4O/c22-16-11-14(7-8-21(16)26)15-12-19(17-5-1-3-9-23-17)25-20(13-15)18-6-2-4-10-24-18/h1-13,26H,22H2. The van der Waals surface area contributed by atoms with Crippen molar-refractivity contribution in [3.05, 3.63) is 79.1 Å². The van der Waals surface area contributed by atoms with E-state index in [1.165, 1.54) is 0 Å². The maximum Gasteiger partial charge on any atom is 0.138 e. The summed E-state index contributed by atoms with van der Waals surface area (Å²) in [5.74, 6) is 0.0673. The second-order valence-electron chi connectivity index (χ2n) is 5.83. The highest BCUT2D eigenvalue weighted by molar-refractivity contribution is 5.77. The molecule has 0 aliphatic rings. The van der Waals surface area contributed by atoms with Crippen LogP contribution in [0.2, 0.25) is 0 Å². The monoisotopic (exact) mass is 340 g/mol. The van der Waals surface area contributed by atoms with Crippen molar-refractivity contribution in [1.82, 2.24) is 15.0 Å². The Morgan fingerprint density at radius 3 is 1.77 bits per heavy atom. The molecule has 0 aliphatic carbocycles. The Balaban J connectivity index is 1.92. The first-order valence-corrected chi connectivity index (χ1v) is 8.14. The molecule has 0 saturated carbocycles. The molecule has 0 aliphatic heterocycles. The molecule has 4 rings (SSSR count). The Kier molecular flexibility index (Phi) is 4.03. The van der Waals surface area contributed by atoms with Gasteiger partial charge in [-0.3, -0.25) is 9.97 Å². The molecule has 0 amide bonds. The molecular weight excluding hydrogens is 324 g/mol. The molecule has 0 radical (unpaired) electrons. The normalized spacial score (nSPS) is 10.6. The Bertz CT molecular complexity index is 992. The van der Waals surface area contributed by atoms with Gasteiger partial charge in [0.2, 0.25) is 0 Å². The van der Waals surface area contributed by atoms with Crippen LogP contribution in [0.25, 0.3) is 33.9 Å². The largest absolute Gasteiger partial charge is 0.506 e. The predicted molar refractivity (Wildman–Crippen MR) is 102 cm³/mol. The Labute approximate surface area is 150 Å². The molecule has 26 heavy (non-hydrogen) atoms. The minimum absolute atomic E-state index is 0.0673. The van der Waals surface area contributed by atoms with Gasteiger partial charge in [0.05, 0.1) is 28.5 Å². The van der Waals surface area contributed by atoms with Crippen LogP contribution in [-0.4, -0.2) is 20.1 Å². The van der Waals surface area contributed by atoms with Crippen molar-refractivity contribution in [1.29, 1.82) is 0 Å². The minimum Gasteiger partial charge on any atom is -0.506 e. The van der Waals surface area contributed by atoms with E-state index >= 15 is 0 Å². The van der Waals surface area contributed by atoms with Crippen LogP contribution in [-0.2, 0) is 0 Å². The van der Waals surface area contributed by atoms with Gasteiger partial charge in [0.25, 0.3) is 0 Å². The summed E-state index contributed by atoms with van der Waals surface area (Å²) in [6.45, 7) is 0. The van der Waals surface area contributed by atoms with Crippen LogP contribution in [0.3, 0.4) is 0 Å². The van der Waals surface area contributed by atoms with Crippen LogP contribution in [0.15, 0.2) is 79.1 Å². The van der Waals surface area contributed by atoms with Crippen molar-refractivity contribution in [3.8, 4) is 39.7 Å². The molecule has 0 unspecified atom stereocenters. The molecule has 0 bridgehead atoms. The number of aromatic nitrogens is 3. The first-order chi connectivity index (χ1) is 12.7. The average Bonchev–Trinajstić information content (AvgIpc) is 2.71. The van der Waals surface area contributed by atoms with Crippen molar-refractivity contribution in [2.24, 2.45) is 0 Å². The zero-order valence-corrected chi connectivity index (χ0v) is 13.9. The van der Waals surface area contributed by atoms with Crippen molar-refractivity contribution in [3.63, 3.8) is 0 Å². The number of hydrogen-bond acceptors (Lipinski definition) is 5. The van der Waals surface area contributed by atoms with Gasteiger partial charge >= 0.3 is 0 Å². The first-order valence-electron chi connectivity index (χ1n) is 8.14. The van der Waals surface area contributed by atoms with Gasteiger partial charge in [-0.1, -0.05) is 18.2 Å². The van der Waals surface area contributed by atoms with E-state index in [1.807, 2.05) is 54.6 Å². The summed E-state index contributed by atoms with van der Waals surface area (Å²) in [6, 6.07) is 20.5. The molecule has 5 heteroatoms. The fourth-order valence-corrected chi connectivity index (χ4v) is 2.72. The molecular formula is C21H16N4O. The predicted octanol–water partition coefficient (Wildman–Crippen LogP) is 4.16. The Morgan fingerprint density at radius 1 is 0.654 bits per heavy atom. The van der Waals surface area contributed by atoms with Gasteiger partial charge in [-0.2, -0.15) is 0 Å². The fourth-order valence-electron chi connectivity index (χ4n) is 2.72. The number of nitrogen functional groups attached to an aromatic ring is 1. The topological polar surface area (TPSA) is 84.9 Å². The Hall–Kier alpha value is -3.73. The third-order valence-corrected chi connectivity index (χ3v) is 4.04. The van der Waals surface area contributed by atoms with Crippen molar-refractivity contribution < 1.29 is 5.11 Å². The summed E-state index contributed by atoms with van der Waals surface area (Å²) in [7, 11) is 0. The van der Waals surface area contributed by atoms with Crippen molar-refractivity contribution in [2.75, 3.05) is 5.73 Å². The number of aromatic hydroxyl groups is 1. The van der Waals surface area contributed by atoms with E-state index in [0.29, 0.717) is 5.69 Å². The van der Waals surface area contributed by atoms with Crippen LogP contribution < -0.4 is 5.73 Å². The first kappa shape index (κ1) is 15.8. The molecule has 126 valence electrons. The third-order valence-electron chi connectivity index (χ3n) is 4.04. The zero-order valence-electron chi connectivity index (χ0n) is 13.9. The SMILES string of the molecule is Nc1cc(-c2cc(-c3ccccn3)nc(-c3ccccn3)c2)ccc1O. The van der Waals surface area contributed by atoms with E-state index in [1.54, 1.807) is 24.5 Å². The molecule has 5 nitrogen and oxygen atoms in total. The number of phenols is 1. The van der Waals surface area contributed by atoms with Gasteiger partial charge < -0.3 is 10.8 Å². The van der Waals surface area contributed by atoms with Crippen LogP contribution in [0.5, 0.6) is 5.75 Å². The summed E-state index contributed by atoms with van der Waals surface area (Å²) in [6.07, 6.45) is 3.48. The average molecular weight is 340 g/mol. The van der Waals surface area contributed by atoms with E-state index in [0.717, 1.165) is 33.9 Å². The van der Waals surface area contributed by atoms with Crippen LogP contribution in [0.1, 0.15) is 0 Å². The number of rotatable bonds is 3. The summed E-state index contributed by atoms with van der Waals surface area (Å²) in [5.41, 5.74) is 11.1. The van der Waals surface area contributed by atoms with Gasteiger partial charge in [0.15, 0.2) is 0 Å². The highest BCUT2D eigenvalue weighted by Gasteiger charge is 2.11. The molecule has 1 aromatic carbocycles. The highest BCUT2D eigenvalue weighted by atomic mass is 16.3. The summed E-state index contributed by atoms with van der Waals surface area (Å²) in [4.78, 5) is 13.5. The van der Waals surface area contributed by atoms with Gasteiger partial charge in [-0.05, 0) is 59.7 Å². The molecule has 0 saturated heterocycles. The van der Waals surface area contributed by atoms with Gasteiger partial charge in [0, 0.05) is 12.4 Å². The molecule has 0 spiro atoms. The maximum absolute atomic E-state index is 9.70. The van der Waals surface area contributed by atoms with Gasteiger partial charge in [0.1, 0.15) is 5.75 Å². The molecule has 0 atom stereocenters. The van der Waals surface area contributed by atoms with Crippen molar-refractivity contribution >= 4 is 5.69 Å². The number of benzene rings is 1. The van der Waals surface area contributed by atoms with E-state index < -0.39 is 0 Å². The molecule has 3 heterocycles. The lowest BCUT2D eigenvalue weighted by Gasteiger charge is -2.10. The van der Waals surface area contributed by atoms with E-state index in [-0.39, 0.29) is 5.75 Å². The van der Waals surface area contributed by atoms with Crippen molar-refractivity contribution in [2.45, 2.75) is 0 Å². The number of nitrogens with zero attached hydrogens (tertiary/aromatic N) is 3. The van der Waals surface area contributed by atoms with Crippen LogP contribution in [0, 0.1) is 0 Å². The van der Waals surface area contributed by atoms with Crippen LogP contribution in [0.4, 0.5) is 5.69 Å². The lowest BCUT2D eigenvalue weighted by molar-refractivity contribution is 0.478. The van der Waals surface area contributed by atoms with Gasteiger partial charge in [-0.15, -0.1) is 0 Å². The quantitative estimate of drug-likeness (QED) is 0.432. The maximum atomic E-state index is 9.70. The van der Waals surface area contributed by atoms with E-state index in [2.05, 4.69) is 9.97 Å². The Morgan fingerprint density at radius 2 is 1.27 bits per heavy atom. The second-order valence-corrected chi connectivity index (χ2v) is 5.83.